The van der Waals surface area contributed by atoms with Crippen molar-refractivity contribution in [3.05, 3.63) is 49.8 Å². The number of benzene rings is 1. The molecule has 1 aromatic heterocycles. The maximum absolute atomic E-state index is 6.33. The van der Waals surface area contributed by atoms with E-state index in [0.717, 1.165) is 28.6 Å². The molecule has 0 spiro atoms. The highest BCUT2D eigenvalue weighted by Gasteiger charge is 2.13. The Bertz CT molecular complexity index is 582. The van der Waals surface area contributed by atoms with Crippen molar-refractivity contribution in [3.63, 3.8) is 0 Å². The lowest BCUT2D eigenvalue weighted by molar-refractivity contribution is 0.472. The number of nitrogens with zero attached hydrogens (tertiary/aromatic N) is 2. The van der Waals surface area contributed by atoms with E-state index in [1.54, 1.807) is 0 Å². The van der Waals surface area contributed by atoms with E-state index in [9.17, 15) is 0 Å². The predicted molar refractivity (Wildman–Crippen MR) is 94.7 cm³/mol. The zero-order valence-electron chi connectivity index (χ0n) is 11.7. The number of hydrogen-bond donors (Lipinski definition) is 1. The van der Waals surface area contributed by atoms with Crippen LogP contribution in [0.1, 0.15) is 43.6 Å². The zero-order chi connectivity index (χ0) is 14.7. The standard InChI is InChI=1S/C15H19BrIN3/c1-3-10(2)20-7-6-12(19-20)9-15(18)13-8-11(17)4-5-14(13)16/h4-8,10,15H,3,9,18H2,1-2H3. The van der Waals surface area contributed by atoms with Crippen LogP contribution in [0.25, 0.3) is 0 Å². The van der Waals surface area contributed by atoms with Gasteiger partial charge in [-0.2, -0.15) is 5.10 Å². The molecule has 2 unspecified atom stereocenters. The van der Waals surface area contributed by atoms with Gasteiger partial charge in [0.25, 0.3) is 0 Å². The molecule has 0 saturated carbocycles. The van der Waals surface area contributed by atoms with Gasteiger partial charge < -0.3 is 5.73 Å². The van der Waals surface area contributed by atoms with Gasteiger partial charge in [-0.1, -0.05) is 22.9 Å². The van der Waals surface area contributed by atoms with Crippen LogP contribution in [0.2, 0.25) is 0 Å². The summed E-state index contributed by atoms with van der Waals surface area (Å²) in [7, 11) is 0. The maximum Gasteiger partial charge on any atom is 0.0643 e. The normalized spacial score (nSPS) is 14.2. The number of nitrogens with two attached hydrogens (primary N) is 1. The Morgan fingerprint density at radius 1 is 1.40 bits per heavy atom. The van der Waals surface area contributed by atoms with E-state index in [4.69, 9.17) is 5.73 Å². The summed E-state index contributed by atoms with van der Waals surface area (Å²) in [6.07, 6.45) is 3.87. The topological polar surface area (TPSA) is 43.8 Å². The van der Waals surface area contributed by atoms with Gasteiger partial charge in [-0.3, -0.25) is 4.68 Å². The predicted octanol–water partition coefficient (Wildman–Crippen LogP) is 4.46. The molecule has 0 amide bonds. The number of hydrogen-bond acceptors (Lipinski definition) is 2. The van der Waals surface area contributed by atoms with Crippen LogP contribution >= 0.6 is 38.5 Å². The highest BCUT2D eigenvalue weighted by Crippen LogP contribution is 2.26. The monoisotopic (exact) mass is 447 g/mol. The molecule has 108 valence electrons. The molecule has 2 N–H and O–H groups in total. The molecule has 2 atom stereocenters. The van der Waals surface area contributed by atoms with Crippen LogP contribution < -0.4 is 5.73 Å². The Hall–Kier alpha value is -0.400. The van der Waals surface area contributed by atoms with Gasteiger partial charge in [0.2, 0.25) is 0 Å². The Kier molecular flexibility index (Phi) is 5.63. The number of aromatic nitrogens is 2. The fraction of sp³-hybridized carbons (Fsp3) is 0.400. The Balaban J connectivity index is 2.13. The lowest BCUT2D eigenvalue weighted by Gasteiger charge is -2.13. The van der Waals surface area contributed by atoms with Gasteiger partial charge in [-0.15, -0.1) is 0 Å². The fourth-order valence-corrected chi connectivity index (χ4v) is 3.11. The Morgan fingerprint density at radius 3 is 2.85 bits per heavy atom. The lowest BCUT2D eigenvalue weighted by atomic mass is 10.0. The van der Waals surface area contributed by atoms with E-state index in [0.29, 0.717) is 6.04 Å². The Morgan fingerprint density at radius 2 is 2.15 bits per heavy atom. The van der Waals surface area contributed by atoms with E-state index in [-0.39, 0.29) is 6.04 Å². The van der Waals surface area contributed by atoms with Crippen LogP contribution in [-0.4, -0.2) is 9.78 Å². The van der Waals surface area contributed by atoms with Crippen molar-refractivity contribution in [1.29, 1.82) is 0 Å². The van der Waals surface area contributed by atoms with Gasteiger partial charge in [0.05, 0.1) is 5.69 Å². The molecule has 0 radical (unpaired) electrons. The molecule has 0 aliphatic carbocycles. The van der Waals surface area contributed by atoms with Crippen LogP contribution in [0.15, 0.2) is 34.9 Å². The summed E-state index contributed by atoms with van der Waals surface area (Å²) in [5.41, 5.74) is 8.51. The SMILES string of the molecule is CCC(C)n1ccc(CC(N)c2cc(I)ccc2Br)n1. The molecule has 5 heteroatoms. The van der Waals surface area contributed by atoms with Crippen LogP contribution in [-0.2, 0) is 6.42 Å². The summed E-state index contributed by atoms with van der Waals surface area (Å²) < 4.78 is 4.28. The quantitative estimate of drug-likeness (QED) is 0.687. The first-order valence-corrected chi connectivity index (χ1v) is 8.63. The summed E-state index contributed by atoms with van der Waals surface area (Å²) in [5, 5.41) is 4.62. The molecule has 3 nitrogen and oxygen atoms in total. The van der Waals surface area contributed by atoms with Crippen molar-refractivity contribution in [3.8, 4) is 0 Å². The summed E-state index contributed by atoms with van der Waals surface area (Å²) in [6, 6.07) is 8.70. The van der Waals surface area contributed by atoms with Crippen LogP contribution in [0.5, 0.6) is 0 Å². The molecule has 0 fully saturated rings. The van der Waals surface area contributed by atoms with Gasteiger partial charge in [0.1, 0.15) is 0 Å². The second kappa shape index (κ2) is 7.04. The molecule has 2 aromatic rings. The van der Waals surface area contributed by atoms with Crippen LogP contribution in [0.3, 0.4) is 0 Å². The second-order valence-electron chi connectivity index (χ2n) is 5.02. The molecule has 0 aliphatic rings. The van der Waals surface area contributed by atoms with Gasteiger partial charge in [0.15, 0.2) is 0 Å². The largest absolute Gasteiger partial charge is 0.324 e. The van der Waals surface area contributed by atoms with E-state index >= 15 is 0 Å². The smallest absolute Gasteiger partial charge is 0.0643 e. The Labute approximate surface area is 142 Å². The van der Waals surface area contributed by atoms with Gasteiger partial charge in [0, 0.05) is 32.7 Å². The number of rotatable bonds is 5. The van der Waals surface area contributed by atoms with Crippen molar-refractivity contribution in [2.75, 3.05) is 0 Å². The molecule has 1 aromatic carbocycles. The van der Waals surface area contributed by atoms with E-state index in [2.05, 4.69) is 81.7 Å². The highest BCUT2D eigenvalue weighted by atomic mass is 127. The van der Waals surface area contributed by atoms with E-state index in [1.165, 1.54) is 3.57 Å². The van der Waals surface area contributed by atoms with Crippen molar-refractivity contribution in [2.24, 2.45) is 5.73 Å². The third-order valence-corrected chi connectivity index (χ3v) is 4.89. The molecule has 2 rings (SSSR count). The lowest BCUT2D eigenvalue weighted by Crippen LogP contribution is -2.15. The van der Waals surface area contributed by atoms with Crippen molar-refractivity contribution < 1.29 is 0 Å². The minimum Gasteiger partial charge on any atom is -0.324 e. The minimum absolute atomic E-state index is 0.0422. The van der Waals surface area contributed by atoms with Gasteiger partial charge in [-0.25, -0.2) is 0 Å². The summed E-state index contributed by atoms with van der Waals surface area (Å²) >= 11 is 5.88. The summed E-state index contributed by atoms with van der Waals surface area (Å²) in [6.45, 7) is 4.34. The average Bonchev–Trinajstić information content (AvgIpc) is 2.89. The zero-order valence-corrected chi connectivity index (χ0v) is 15.4. The van der Waals surface area contributed by atoms with E-state index < -0.39 is 0 Å². The third kappa shape index (κ3) is 3.83. The highest BCUT2D eigenvalue weighted by molar-refractivity contribution is 14.1. The van der Waals surface area contributed by atoms with Crippen LogP contribution in [0.4, 0.5) is 0 Å². The molecular formula is C15H19BrIN3. The molecule has 0 bridgehead atoms. The first-order chi connectivity index (χ1) is 9.51. The fourth-order valence-electron chi connectivity index (χ4n) is 2.05. The van der Waals surface area contributed by atoms with E-state index in [1.807, 2.05) is 10.9 Å². The first kappa shape index (κ1) is 16.0. The molecule has 20 heavy (non-hydrogen) atoms. The average molecular weight is 448 g/mol. The molecule has 0 saturated heterocycles. The molecular weight excluding hydrogens is 429 g/mol. The van der Waals surface area contributed by atoms with Gasteiger partial charge in [-0.05, 0) is 65.8 Å². The summed E-state index contributed by atoms with van der Waals surface area (Å²) in [5.74, 6) is 0. The molecule has 1 heterocycles. The minimum atomic E-state index is -0.0422. The first-order valence-electron chi connectivity index (χ1n) is 6.75. The molecule has 0 aliphatic heterocycles. The van der Waals surface area contributed by atoms with Crippen molar-refractivity contribution in [2.45, 2.75) is 38.8 Å². The maximum atomic E-state index is 6.33. The number of halogens is 2. The van der Waals surface area contributed by atoms with Crippen LogP contribution in [0, 0.1) is 3.57 Å². The third-order valence-electron chi connectivity index (χ3n) is 3.49. The van der Waals surface area contributed by atoms with Crippen molar-refractivity contribution in [1.82, 2.24) is 9.78 Å². The second-order valence-corrected chi connectivity index (χ2v) is 7.12. The van der Waals surface area contributed by atoms with Crippen molar-refractivity contribution >= 4 is 38.5 Å². The summed E-state index contributed by atoms with van der Waals surface area (Å²) in [4.78, 5) is 0. The van der Waals surface area contributed by atoms with Gasteiger partial charge >= 0.3 is 0 Å².